The smallest absolute Gasteiger partial charge is 0.147 e. The summed E-state index contributed by atoms with van der Waals surface area (Å²) in [6, 6.07) is 0. The molecule has 1 rings (SSSR count). The van der Waals surface area contributed by atoms with E-state index in [1.807, 2.05) is 18.7 Å². The van der Waals surface area contributed by atoms with Gasteiger partial charge in [0.15, 0.2) is 0 Å². The second-order valence-electron chi connectivity index (χ2n) is 3.35. The summed E-state index contributed by atoms with van der Waals surface area (Å²) in [6.07, 6.45) is 0. The summed E-state index contributed by atoms with van der Waals surface area (Å²) in [4.78, 5) is 4.37. The molecule has 0 aliphatic heterocycles. The molecule has 1 atom stereocenters. The minimum absolute atomic E-state index is 0.422. The number of hydrogen-bond donors (Lipinski definition) is 1. The van der Waals surface area contributed by atoms with Crippen molar-refractivity contribution in [3.8, 4) is 0 Å². The monoisotopic (exact) mass is 182 g/mol. The zero-order valence-corrected chi connectivity index (χ0v) is 8.83. The van der Waals surface area contributed by atoms with Crippen LogP contribution in [0.25, 0.3) is 0 Å². The van der Waals surface area contributed by atoms with Crippen LogP contribution in [0.15, 0.2) is 0 Å². The highest BCUT2D eigenvalue weighted by atomic mass is 15.3. The van der Waals surface area contributed by atoms with Gasteiger partial charge < -0.3 is 5.32 Å². The summed E-state index contributed by atoms with van der Waals surface area (Å²) in [5.41, 5.74) is 0. The van der Waals surface area contributed by atoms with E-state index in [4.69, 9.17) is 0 Å². The van der Waals surface area contributed by atoms with Crippen molar-refractivity contribution in [2.24, 2.45) is 7.05 Å². The highest BCUT2D eigenvalue weighted by Crippen LogP contribution is 2.10. The standard InChI is InChI=1S/C9H18N4/c1-5-10-6-7(2)9-11-8(3)12-13(9)4/h7,10H,5-6H2,1-4H3. The van der Waals surface area contributed by atoms with Gasteiger partial charge in [0.1, 0.15) is 11.6 Å². The number of likely N-dealkylation sites (N-methyl/N-ethyl adjacent to an activating group) is 1. The van der Waals surface area contributed by atoms with Crippen molar-refractivity contribution in [1.82, 2.24) is 20.1 Å². The van der Waals surface area contributed by atoms with Gasteiger partial charge in [0.05, 0.1) is 0 Å². The molecule has 0 radical (unpaired) electrons. The van der Waals surface area contributed by atoms with Crippen molar-refractivity contribution in [2.45, 2.75) is 26.7 Å². The molecule has 0 fully saturated rings. The molecule has 1 aromatic rings. The predicted octanol–water partition coefficient (Wildman–Crippen LogP) is 0.837. The maximum Gasteiger partial charge on any atom is 0.147 e. The van der Waals surface area contributed by atoms with E-state index in [2.05, 4.69) is 29.2 Å². The first-order valence-electron chi connectivity index (χ1n) is 4.73. The number of nitrogens with one attached hydrogen (secondary N) is 1. The fourth-order valence-corrected chi connectivity index (χ4v) is 1.41. The van der Waals surface area contributed by atoms with E-state index in [-0.39, 0.29) is 0 Å². The first-order chi connectivity index (χ1) is 6.15. The summed E-state index contributed by atoms with van der Waals surface area (Å²) < 4.78 is 1.86. The fourth-order valence-electron chi connectivity index (χ4n) is 1.41. The third kappa shape index (κ3) is 2.52. The normalized spacial score (nSPS) is 13.2. The van der Waals surface area contributed by atoms with Gasteiger partial charge in [0.25, 0.3) is 0 Å². The molecule has 0 saturated heterocycles. The summed E-state index contributed by atoms with van der Waals surface area (Å²) in [6.45, 7) is 8.15. The quantitative estimate of drug-likeness (QED) is 0.750. The zero-order chi connectivity index (χ0) is 9.84. The van der Waals surface area contributed by atoms with Crippen LogP contribution < -0.4 is 5.32 Å². The van der Waals surface area contributed by atoms with Crippen molar-refractivity contribution in [2.75, 3.05) is 13.1 Å². The SMILES string of the molecule is CCNCC(C)c1nc(C)nn1C. The number of nitrogens with zero attached hydrogens (tertiary/aromatic N) is 3. The lowest BCUT2D eigenvalue weighted by Crippen LogP contribution is -2.21. The van der Waals surface area contributed by atoms with Crippen LogP contribution in [0.4, 0.5) is 0 Å². The van der Waals surface area contributed by atoms with Crippen LogP contribution in [0.3, 0.4) is 0 Å². The van der Waals surface area contributed by atoms with E-state index < -0.39 is 0 Å². The van der Waals surface area contributed by atoms with E-state index in [0.717, 1.165) is 24.7 Å². The first-order valence-corrected chi connectivity index (χ1v) is 4.73. The summed E-state index contributed by atoms with van der Waals surface area (Å²) in [5, 5.41) is 7.52. The molecule has 13 heavy (non-hydrogen) atoms. The fraction of sp³-hybridized carbons (Fsp3) is 0.778. The van der Waals surface area contributed by atoms with Crippen molar-refractivity contribution in [3.63, 3.8) is 0 Å². The number of hydrogen-bond acceptors (Lipinski definition) is 3. The van der Waals surface area contributed by atoms with Gasteiger partial charge >= 0.3 is 0 Å². The maximum atomic E-state index is 4.37. The Morgan fingerprint density at radius 1 is 1.54 bits per heavy atom. The molecule has 1 aromatic heterocycles. The molecular weight excluding hydrogens is 164 g/mol. The van der Waals surface area contributed by atoms with Crippen molar-refractivity contribution >= 4 is 0 Å². The minimum atomic E-state index is 0.422. The summed E-state index contributed by atoms with van der Waals surface area (Å²) in [7, 11) is 1.94. The van der Waals surface area contributed by atoms with Gasteiger partial charge in [-0.2, -0.15) is 5.10 Å². The molecule has 4 heteroatoms. The molecule has 1 heterocycles. The highest BCUT2D eigenvalue weighted by molar-refractivity contribution is 4.97. The Morgan fingerprint density at radius 2 is 2.23 bits per heavy atom. The Hall–Kier alpha value is -0.900. The van der Waals surface area contributed by atoms with Gasteiger partial charge in [-0.3, -0.25) is 4.68 Å². The van der Waals surface area contributed by atoms with Crippen molar-refractivity contribution in [3.05, 3.63) is 11.6 Å². The topological polar surface area (TPSA) is 42.7 Å². The summed E-state index contributed by atoms with van der Waals surface area (Å²) >= 11 is 0. The van der Waals surface area contributed by atoms with Gasteiger partial charge in [-0.25, -0.2) is 4.98 Å². The molecule has 0 spiro atoms. The Balaban J connectivity index is 2.64. The molecule has 0 aromatic carbocycles. The van der Waals surface area contributed by atoms with Crippen molar-refractivity contribution in [1.29, 1.82) is 0 Å². The second-order valence-corrected chi connectivity index (χ2v) is 3.35. The molecule has 1 N–H and O–H groups in total. The Bertz CT molecular complexity index is 267. The zero-order valence-electron chi connectivity index (χ0n) is 8.83. The molecule has 4 nitrogen and oxygen atoms in total. The molecule has 0 aliphatic carbocycles. The molecule has 0 aliphatic rings. The minimum Gasteiger partial charge on any atom is -0.316 e. The lowest BCUT2D eigenvalue weighted by molar-refractivity contribution is 0.572. The third-order valence-electron chi connectivity index (χ3n) is 2.04. The molecular formula is C9H18N4. The van der Waals surface area contributed by atoms with Crippen molar-refractivity contribution < 1.29 is 0 Å². The molecule has 0 amide bonds. The number of aryl methyl sites for hydroxylation is 2. The van der Waals surface area contributed by atoms with E-state index in [1.165, 1.54) is 0 Å². The average molecular weight is 182 g/mol. The van der Waals surface area contributed by atoms with Gasteiger partial charge in [-0.15, -0.1) is 0 Å². The number of rotatable bonds is 4. The lowest BCUT2D eigenvalue weighted by Gasteiger charge is -2.09. The van der Waals surface area contributed by atoms with Gasteiger partial charge in [0, 0.05) is 19.5 Å². The van der Waals surface area contributed by atoms with Gasteiger partial charge in [-0.05, 0) is 13.5 Å². The van der Waals surface area contributed by atoms with Crippen LogP contribution in [0, 0.1) is 6.92 Å². The predicted molar refractivity (Wildman–Crippen MR) is 52.7 cm³/mol. The molecule has 0 bridgehead atoms. The third-order valence-corrected chi connectivity index (χ3v) is 2.04. The molecule has 1 unspecified atom stereocenters. The second kappa shape index (κ2) is 4.37. The maximum absolute atomic E-state index is 4.37. The Labute approximate surface area is 79.4 Å². The van der Waals surface area contributed by atoms with Crippen LogP contribution in [-0.2, 0) is 7.05 Å². The van der Waals surface area contributed by atoms with Crippen LogP contribution in [0.5, 0.6) is 0 Å². The lowest BCUT2D eigenvalue weighted by atomic mass is 10.1. The van der Waals surface area contributed by atoms with E-state index in [1.54, 1.807) is 0 Å². The largest absolute Gasteiger partial charge is 0.316 e. The Kier molecular flexibility index (Phi) is 3.42. The first kappa shape index (κ1) is 10.2. The van der Waals surface area contributed by atoms with E-state index in [9.17, 15) is 0 Å². The average Bonchev–Trinajstić information content (AvgIpc) is 2.41. The van der Waals surface area contributed by atoms with Crippen LogP contribution >= 0.6 is 0 Å². The molecule has 74 valence electrons. The number of aromatic nitrogens is 3. The Morgan fingerprint density at radius 3 is 2.69 bits per heavy atom. The van der Waals surface area contributed by atoms with Crippen LogP contribution in [0.2, 0.25) is 0 Å². The van der Waals surface area contributed by atoms with Gasteiger partial charge in [-0.1, -0.05) is 13.8 Å². The van der Waals surface area contributed by atoms with E-state index >= 15 is 0 Å². The highest BCUT2D eigenvalue weighted by Gasteiger charge is 2.11. The van der Waals surface area contributed by atoms with Crippen LogP contribution in [-0.4, -0.2) is 27.9 Å². The van der Waals surface area contributed by atoms with Gasteiger partial charge in [0.2, 0.25) is 0 Å². The van der Waals surface area contributed by atoms with Crippen LogP contribution in [0.1, 0.15) is 31.4 Å². The van der Waals surface area contributed by atoms with E-state index in [0.29, 0.717) is 5.92 Å². The summed E-state index contributed by atoms with van der Waals surface area (Å²) in [5.74, 6) is 2.32. The molecule has 0 saturated carbocycles.